The van der Waals surface area contributed by atoms with Crippen molar-refractivity contribution in [2.45, 2.75) is 39.2 Å². The second-order valence-corrected chi connectivity index (χ2v) is 10.3. The number of nitrogens with zero attached hydrogens (tertiary/aromatic N) is 2. The maximum Gasteiger partial charge on any atom is 0.244 e. The zero-order chi connectivity index (χ0) is 26.7. The number of hydrogen-bond donors (Lipinski definition) is 1. The van der Waals surface area contributed by atoms with E-state index in [1.807, 2.05) is 44.2 Å². The largest absolute Gasteiger partial charge is 0.497 e. The van der Waals surface area contributed by atoms with E-state index in [0.29, 0.717) is 25.1 Å². The first-order valence-electron chi connectivity index (χ1n) is 12.0. The van der Waals surface area contributed by atoms with Crippen molar-refractivity contribution in [1.29, 1.82) is 0 Å². The summed E-state index contributed by atoms with van der Waals surface area (Å²) >= 11 is 0. The van der Waals surface area contributed by atoms with Crippen molar-refractivity contribution < 1.29 is 27.5 Å². The number of anilines is 1. The van der Waals surface area contributed by atoms with Crippen molar-refractivity contribution in [3.05, 3.63) is 54.1 Å². The van der Waals surface area contributed by atoms with Gasteiger partial charge in [-0.15, -0.1) is 0 Å². The molecule has 2 rings (SSSR count). The van der Waals surface area contributed by atoms with Crippen molar-refractivity contribution in [2.24, 2.45) is 0 Å². The lowest BCUT2D eigenvalue weighted by Gasteiger charge is -2.33. The van der Waals surface area contributed by atoms with E-state index in [1.54, 1.807) is 12.1 Å². The average molecular weight is 520 g/mol. The molecule has 0 saturated carbocycles. The number of sulfonamides is 1. The number of benzene rings is 2. The topological polar surface area (TPSA) is 105 Å². The highest BCUT2D eigenvalue weighted by Crippen LogP contribution is 2.33. The number of rotatable bonds is 14. The van der Waals surface area contributed by atoms with Gasteiger partial charge in [-0.3, -0.25) is 13.9 Å². The molecule has 0 fully saturated rings. The van der Waals surface area contributed by atoms with Gasteiger partial charge in [-0.2, -0.15) is 0 Å². The van der Waals surface area contributed by atoms with Gasteiger partial charge >= 0.3 is 0 Å². The van der Waals surface area contributed by atoms with E-state index >= 15 is 0 Å². The molecule has 0 aliphatic rings. The number of methoxy groups -OCH3 is 2. The lowest BCUT2D eigenvalue weighted by molar-refractivity contribution is -0.139. The number of nitrogens with one attached hydrogen (secondary N) is 1. The number of carbonyl (C=O) groups is 2. The van der Waals surface area contributed by atoms with Gasteiger partial charge in [-0.1, -0.05) is 44.2 Å². The van der Waals surface area contributed by atoms with Gasteiger partial charge in [0.25, 0.3) is 0 Å². The van der Waals surface area contributed by atoms with Crippen LogP contribution < -0.4 is 19.1 Å². The van der Waals surface area contributed by atoms with E-state index in [1.165, 1.54) is 25.2 Å². The highest BCUT2D eigenvalue weighted by atomic mass is 32.2. The Morgan fingerprint density at radius 3 is 2.28 bits per heavy atom. The maximum atomic E-state index is 13.7. The molecule has 0 spiro atoms. The van der Waals surface area contributed by atoms with Crippen LogP contribution in [0.2, 0.25) is 0 Å². The van der Waals surface area contributed by atoms with Crippen LogP contribution in [-0.4, -0.2) is 71.3 Å². The number of ether oxygens (including phenoxy) is 2. The lowest BCUT2D eigenvalue weighted by Crippen LogP contribution is -2.53. The van der Waals surface area contributed by atoms with Gasteiger partial charge in [0, 0.05) is 19.2 Å². The van der Waals surface area contributed by atoms with Crippen LogP contribution in [0.3, 0.4) is 0 Å². The summed E-state index contributed by atoms with van der Waals surface area (Å²) in [5, 5.41) is 2.86. The summed E-state index contributed by atoms with van der Waals surface area (Å²) in [5.41, 5.74) is 1.22. The first-order chi connectivity index (χ1) is 17.2. The van der Waals surface area contributed by atoms with Crippen molar-refractivity contribution in [3.8, 4) is 11.5 Å². The van der Waals surface area contributed by atoms with Gasteiger partial charge in [0.2, 0.25) is 21.8 Å². The van der Waals surface area contributed by atoms with Crippen molar-refractivity contribution in [1.82, 2.24) is 10.2 Å². The fourth-order valence-corrected chi connectivity index (χ4v) is 4.70. The van der Waals surface area contributed by atoms with Crippen LogP contribution in [0, 0.1) is 0 Å². The lowest BCUT2D eigenvalue weighted by atomic mass is 10.1. The summed E-state index contributed by atoms with van der Waals surface area (Å²) in [5.74, 6) is -0.00364. The fourth-order valence-electron chi connectivity index (χ4n) is 3.85. The van der Waals surface area contributed by atoms with E-state index in [-0.39, 0.29) is 23.9 Å². The molecule has 0 heterocycles. The van der Waals surface area contributed by atoms with Gasteiger partial charge in [-0.25, -0.2) is 8.42 Å². The number of amides is 2. The van der Waals surface area contributed by atoms with E-state index in [0.717, 1.165) is 22.5 Å². The number of carbonyl (C=O) groups excluding carboxylic acids is 2. The first-order valence-corrected chi connectivity index (χ1v) is 13.8. The average Bonchev–Trinajstić information content (AvgIpc) is 2.87. The minimum Gasteiger partial charge on any atom is -0.497 e. The SMILES string of the molecule is CCCNC(=O)[C@@H](CC)N(CCc1ccccc1)C(=O)CN(c1ccc(OC)cc1OC)S(C)(=O)=O. The molecule has 2 aromatic carbocycles. The molecule has 1 N–H and O–H groups in total. The molecule has 0 radical (unpaired) electrons. The molecule has 10 heteroatoms. The molecule has 2 amide bonds. The van der Waals surface area contributed by atoms with Gasteiger partial charge in [-0.05, 0) is 37.0 Å². The molecule has 198 valence electrons. The van der Waals surface area contributed by atoms with Gasteiger partial charge in [0.1, 0.15) is 24.1 Å². The molecule has 0 aromatic heterocycles. The second kappa shape index (κ2) is 13.7. The van der Waals surface area contributed by atoms with Crippen LogP contribution in [0.4, 0.5) is 5.69 Å². The van der Waals surface area contributed by atoms with E-state index in [2.05, 4.69) is 5.32 Å². The van der Waals surface area contributed by atoms with Gasteiger partial charge in [0.15, 0.2) is 0 Å². The summed E-state index contributed by atoms with van der Waals surface area (Å²) in [6.45, 7) is 4.06. The Labute approximate surface area is 214 Å². The standard InChI is InChI=1S/C26H37N3O6S/c1-6-16-27-26(31)22(7-2)28(17-15-20-11-9-8-10-12-20)25(30)19-29(36(5,32)33)23-14-13-21(34-3)18-24(23)35-4/h8-14,18,22H,6-7,15-17,19H2,1-5H3,(H,27,31)/t22-/m1/s1. The monoisotopic (exact) mass is 519 g/mol. The Morgan fingerprint density at radius 2 is 1.72 bits per heavy atom. The Morgan fingerprint density at radius 1 is 1.03 bits per heavy atom. The van der Waals surface area contributed by atoms with Crippen LogP contribution in [0.1, 0.15) is 32.3 Å². The summed E-state index contributed by atoms with van der Waals surface area (Å²) in [6.07, 6.45) is 2.71. The van der Waals surface area contributed by atoms with Crippen LogP contribution in [0.25, 0.3) is 0 Å². The smallest absolute Gasteiger partial charge is 0.244 e. The molecule has 0 saturated heterocycles. The third kappa shape index (κ3) is 7.87. The minimum absolute atomic E-state index is 0.209. The second-order valence-electron chi connectivity index (χ2n) is 8.35. The van der Waals surface area contributed by atoms with Crippen molar-refractivity contribution in [2.75, 3.05) is 44.4 Å². The van der Waals surface area contributed by atoms with Crippen molar-refractivity contribution >= 4 is 27.5 Å². The molecule has 9 nitrogen and oxygen atoms in total. The Kier molecular flexibility index (Phi) is 11.0. The molecular weight excluding hydrogens is 482 g/mol. The third-order valence-electron chi connectivity index (χ3n) is 5.75. The fraction of sp³-hybridized carbons (Fsp3) is 0.462. The highest BCUT2D eigenvalue weighted by molar-refractivity contribution is 7.92. The summed E-state index contributed by atoms with van der Waals surface area (Å²) in [7, 11) is -0.962. The van der Waals surface area contributed by atoms with E-state index in [4.69, 9.17) is 9.47 Å². The molecule has 0 aliphatic heterocycles. The molecule has 0 aliphatic carbocycles. The van der Waals surface area contributed by atoms with Crippen LogP contribution in [0.15, 0.2) is 48.5 Å². The van der Waals surface area contributed by atoms with Gasteiger partial charge < -0.3 is 19.7 Å². The minimum atomic E-state index is -3.87. The van der Waals surface area contributed by atoms with Crippen molar-refractivity contribution in [3.63, 3.8) is 0 Å². The van der Waals surface area contributed by atoms with Crippen LogP contribution in [0.5, 0.6) is 11.5 Å². The molecule has 2 aromatic rings. The van der Waals surface area contributed by atoms with Crippen LogP contribution >= 0.6 is 0 Å². The molecule has 0 unspecified atom stereocenters. The molecule has 36 heavy (non-hydrogen) atoms. The summed E-state index contributed by atoms with van der Waals surface area (Å²) < 4.78 is 37.2. The van der Waals surface area contributed by atoms with Gasteiger partial charge in [0.05, 0.1) is 26.2 Å². The maximum absolute atomic E-state index is 13.7. The Hall–Kier alpha value is -3.27. The normalized spacial score (nSPS) is 11.9. The van der Waals surface area contributed by atoms with E-state index in [9.17, 15) is 18.0 Å². The molecule has 1 atom stereocenters. The van der Waals surface area contributed by atoms with Crippen LogP contribution in [-0.2, 0) is 26.0 Å². The molecular formula is C26H37N3O6S. The van der Waals surface area contributed by atoms with E-state index < -0.39 is 28.5 Å². The summed E-state index contributed by atoms with van der Waals surface area (Å²) in [6, 6.07) is 13.6. The number of hydrogen-bond acceptors (Lipinski definition) is 6. The first kappa shape index (κ1) is 29.0. The Bertz CT molecular complexity index is 1110. The summed E-state index contributed by atoms with van der Waals surface area (Å²) in [4.78, 5) is 28.1. The molecule has 0 bridgehead atoms. The quantitative estimate of drug-likeness (QED) is 0.412. The Balaban J connectivity index is 2.42. The predicted octanol–water partition coefficient (Wildman–Crippen LogP) is 2.85. The highest BCUT2D eigenvalue weighted by Gasteiger charge is 2.32. The zero-order valence-electron chi connectivity index (χ0n) is 21.7. The zero-order valence-corrected chi connectivity index (χ0v) is 22.5. The third-order valence-corrected chi connectivity index (χ3v) is 6.88. The predicted molar refractivity (Wildman–Crippen MR) is 141 cm³/mol.